The van der Waals surface area contributed by atoms with Gasteiger partial charge in [-0.3, -0.25) is 9.59 Å². The number of nitrogens with one attached hydrogen (secondary N) is 2. The summed E-state index contributed by atoms with van der Waals surface area (Å²) >= 11 is 1.29. The maximum atomic E-state index is 12.0. The number of aromatic hydroxyl groups is 1. The van der Waals surface area contributed by atoms with Crippen molar-refractivity contribution in [3.63, 3.8) is 0 Å². The number of aryl methyl sites for hydroxylation is 1. The first-order valence-electron chi connectivity index (χ1n) is 6.93. The Bertz CT molecular complexity index is 758. The van der Waals surface area contributed by atoms with Crippen LogP contribution >= 0.6 is 11.8 Å². The number of hydrogen-bond acceptors (Lipinski definition) is 5. The summed E-state index contributed by atoms with van der Waals surface area (Å²) in [5.41, 5.74) is 1.06. The number of anilines is 1. The van der Waals surface area contributed by atoms with Crippen molar-refractivity contribution in [2.24, 2.45) is 0 Å². The number of hydrogen-bond donors (Lipinski definition) is 3. The van der Waals surface area contributed by atoms with Gasteiger partial charge < -0.3 is 20.1 Å². The molecule has 2 rings (SSSR count). The maximum Gasteiger partial charge on any atom is 0.234 e. The summed E-state index contributed by atoms with van der Waals surface area (Å²) in [6, 6.07) is 7.14. The minimum Gasteiger partial charge on any atom is -0.503 e. The molecule has 0 radical (unpaired) electrons. The van der Waals surface area contributed by atoms with Crippen LogP contribution in [0, 0.1) is 6.92 Å². The van der Waals surface area contributed by atoms with Crippen LogP contribution in [-0.2, 0) is 10.5 Å². The topological polar surface area (TPSA) is 91.4 Å². The Kier molecular flexibility index (Phi) is 5.70. The summed E-state index contributed by atoms with van der Waals surface area (Å²) in [5, 5.41) is 12.4. The van der Waals surface area contributed by atoms with E-state index < -0.39 is 5.43 Å². The van der Waals surface area contributed by atoms with E-state index in [9.17, 15) is 14.7 Å². The van der Waals surface area contributed by atoms with Crippen LogP contribution in [0.1, 0.15) is 11.3 Å². The van der Waals surface area contributed by atoms with Crippen LogP contribution in [0.3, 0.4) is 0 Å². The number of carbonyl (C=O) groups is 1. The first-order chi connectivity index (χ1) is 11.0. The van der Waals surface area contributed by atoms with E-state index in [4.69, 9.17) is 4.74 Å². The molecule has 0 saturated heterocycles. The molecule has 0 aliphatic carbocycles. The molecule has 122 valence electrons. The molecule has 1 aromatic heterocycles. The highest BCUT2D eigenvalue weighted by Gasteiger charge is 2.10. The molecular weight excluding hydrogens is 316 g/mol. The van der Waals surface area contributed by atoms with E-state index in [2.05, 4.69) is 10.3 Å². The van der Waals surface area contributed by atoms with Crippen molar-refractivity contribution in [2.45, 2.75) is 12.7 Å². The third kappa shape index (κ3) is 4.29. The van der Waals surface area contributed by atoms with Gasteiger partial charge in [0.15, 0.2) is 5.75 Å². The van der Waals surface area contributed by atoms with Gasteiger partial charge in [-0.15, -0.1) is 11.8 Å². The van der Waals surface area contributed by atoms with Crippen LogP contribution < -0.4 is 15.5 Å². The number of thioether (sulfide) groups is 1. The number of para-hydroxylation sites is 2. The fourth-order valence-electron chi connectivity index (χ4n) is 1.95. The number of pyridine rings is 1. The average molecular weight is 334 g/mol. The SMILES string of the molecule is COc1ccccc1NC(=O)CSCc1c[nH]c(C)c(O)c1=O. The summed E-state index contributed by atoms with van der Waals surface area (Å²) in [6.45, 7) is 1.62. The fraction of sp³-hybridized carbons (Fsp3) is 0.250. The molecule has 2 aromatic rings. The Morgan fingerprint density at radius 2 is 2.13 bits per heavy atom. The molecule has 0 unspecified atom stereocenters. The van der Waals surface area contributed by atoms with Gasteiger partial charge in [0.1, 0.15) is 5.75 Å². The summed E-state index contributed by atoms with van der Waals surface area (Å²) < 4.78 is 5.17. The van der Waals surface area contributed by atoms with E-state index >= 15 is 0 Å². The van der Waals surface area contributed by atoms with Gasteiger partial charge in [-0.25, -0.2) is 0 Å². The zero-order valence-electron chi connectivity index (χ0n) is 12.9. The fourth-order valence-corrected chi connectivity index (χ4v) is 2.74. The van der Waals surface area contributed by atoms with Gasteiger partial charge in [-0.05, 0) is 19.1 Å². The normalized spacial score (nSPS) is 10.3. The number of amides is 1. The largest absolute Gasteiger partial charge is 0.503 e. The van der Waals surface area contributed by atoms with E-state index in [-0.39, 0.29) is 17.4 Å². The lowest BCUT2D eigenvalue weighted by Crippen LogP contribution is -2.16. The minimum absolute atomic E-state index is 0.187. The summed E-state index contributed by atoms with van der Waals surface area (Å²) in [5.74, 6) is 0.647. The molecule has 1 aromatic carbocycles. The van der Waals surface area contributed by atoms with E-state index in [1.54, 1.807) is 31.3 Å². The van der Waals surface area contributed by atoms with E-state index in [1.165, 1.54) is 18.9 Å². The Hall–Kier alpha value is -2.41. The lowest BCUT2D eigenvalue weighted by molar-refractivity contribution is -0.113. The molecule has 0 aliphatic rings. The quantitative estimate of drug-likeness (QED) is 0.754. The highest BCUT2D eigenvalue weighted by atomic mass is 32.2. The number of methoxy groups -OCH3 is 1. The molecule has 0 atom stereocenters. The van der Waals surface area contributed by atoms with Crippen LogP contribution in [0.5, 0.6) is 11.5 Å². The molecule has 23 heavy (non-hydrogen) atoms. The molecule has 0 saturated carbocycles. The Balaban J connectivity index is 1.90. The van der Waals surface area contributed by atoms with Crippen LogP contribution in [0.4, 0.5) is 5.69 Å². The smallest absolute Gasteiger partial charge is 0.234 e. The molecule has 1 amide bonds. The molecule has 0 aliphatic heterocycles. The molecule has 0 spiro atoms. The number of benzene rings is 1. The highest BCUT2D eigenvalue weighted by Crippen LogP contribution is 2.23. The van der Waals surface area contributed by atoms with Crippen LogP contribution in [-0.4, -0.2) is 28.9 Å². The van der Waals surface area contributed by atoms with Crippen molar-refractivity contribution in [1.82, 2.24) is 4.98 Å². The summed E-state index contributed by atoms with van der Waals surface area (Å²) in [6.07, 6.45) is 1.56. The third-order valence-electron chi connectivity index (χ3n) is 3.20. The van der Waals surface area contributed by atoms with Crippen molar-refractivity contribution >= 4 is 23.4 Å². The number of rotatable bonds is 6. The molecule has 1 heterocycles. The monoisotopic (exact) mass is 334 g/mol. The predicted octanol–water partition coefficient (Wildman–Crippen LogP) is 2.27. The van der Waals surface area contributed by atoms with E-state index in [1.807, 2.05) is 6.07 Å². The Morgan fingerprint density at radius 3 is 2.87 bits per heavy atom. The molecule has 0 fully saturated rings. The molecule has 3 N–H and O–H groups in total. The third-order valence-corrected chi connectivity index (χ3v) is 4.18. The molecular formula is C16H18N2O4S. The zero-order valence-corrected chi connectivity index (χ0v) is 13.7. The number of aromatic amines is 1. The van der Waals surface area contributed by atoms with Crippen molar-refractivity contribution in [3.05, 3.63) is 51.9 Å². The predicted molar refractivity (Wildman–Crippen MR) is 91.3 cm³/mol. The van der Waals surface area contributed by atoms with E-state index in [0.29, 0.717) is 28.4 Å². The van der Waals surface area contributed by atoms with Crippen molar-refractivity contribution < 1.29 is 14.6 Å². The number of H-pyrrole nitrogens is 1. The van der Waals surface area contributed by atoms with Crippen LogP contribution in [0.25, 0.3) is 0 Å². The molecule has 0 bridgehead atoms. The van der Waals surface area contributed by atoms with Crippen LogP contribution in [0.2, 0.25) is 0 Å². The lowest BCUT2D eigenvalue weighted by Gasteiger charge is -2.09. The minimum atomic E-state index is -0.404. The van der Waals surface area contributed by atoms with Gasteiger partial charge in [0.25, 0.3) is 0 Å². The maximum absolute atomic E-state index is 12.0. The van der Waals surface area contributed by atoms with Gasteiger partial charge >= 0.3 is 0 Å². The zero-order chi connectivity index (χ0) is 16.8. The van der Waals surface area contributed by atoms with Crippen LogP contribution in [0.15, 0.2) is 35.3 Å². The first-order valence-corrected chi connectivity index (χ1v) is 8.09. The Morgan fingerprint density at radius 1 is 1.39 bits per heavy atom. The second kappa shape index (κ2) is 7.73. The van der Waals surface area contributed by atoms with Gasteiger partial charge in [-0.1, -0.05) is 12.1 Å². The standard InChI is InChI=1S/C16H18N2O4S/c1-10-15(20)16(21)11(7-17-10)8-23-9-14(19)18-12-5-3-4-6-13(12)22-2/h3-7,20H,8-9H2,1-2H3,(H,17,21)(H,18,19). The van der Waals surface area contributed by atoms with Gasteiger partial charge in [0.2, 0.25) is 11.3 Å². The number of carbonyl (C=O) groups excluding carboxylic acids is 1. The second-order valence-corrected chi connectivity index (χ2v) is 5.84. The molecule has 6 nitrogen and oxygen atoms in total. The van der Waals surface area contributed by atoms with Crippen molar-refractivity contribution in [1.29, 1.82) is 0 Å². The second-order valence-electron chi connectivity index (χ2n) is 4.86. The lowest BCUT2D eigenvalue weighted by atomic mass is 10.2. The number of aromatic nitrogens is 1. The number of ether oxygens (including phenoxy) is 1. The first kappa shape index (κ1) is 17.0. The highest BCUT2D eigenvalue weighted by molar-refractivity contribution is 7.99. The van der Waals surface area contributed by atoms with Gasteiger partial charge in [0.05, 0.1) is 24.2 Å². The average Bonchev–Trinajstić information content (AvgIpc) is 2.55. The van der Waals surface area contributed by atoms with Gasteiger partial charge in [-0.2, -0.15) is 0 Å². The van der Waals surface area contributed by atoms with Gasteiger partial charge in [0, 0.05) is 17.5 Å². The Labute approximate surface area is 137 Å². The molecule has 7 heteroatoms. The summed E-state index contributed by atoms with van der Waals surface area (Å²) in [7, 11) is 1.54. The van der Waals surface area contributed by atoms with E-state index in [0.717, 1.165) is 0 Å². The van der Waals surface area contributed by atoms with Crippen molar-refractivity contribution in [3.8, 4) is 11.5 Å². The van der Waals surface area contributed by atoms with Crippen molar-refractivity contribution in [2.75, 3.05) is 18.2 Å². The summed E-state index contributed by atoms with van der Waals surface area (Å²) in [4.78, 5) is 26.6.